The Morgan fingerprint density at radius 1 is 1.07 bits per heavy atom. The first-order valence-electron chi connectivity index (χ1n) is 8.35. The Morgan fingerprint density at radius 3 is 2.45 bits per heavy atom. The Hall–Kier alpha value is -3.17. The van der Waals surface area contributed by atoms with Crippen molar-refractivity contribution in [2.75, 3.05) is 10.0 Å². The minimum atomic E-state index is -3.90. The van der Waals surface area contributed by atoms with Gasteiger partial charge in [0.25, 0.3) is 10.0 Å². The second-order valence-electron chi connectivity index (χ2n) is 5.93. The van der Waals surface area contributed by atoms with Crippen LogP contribution in [0.2, 0.25) is 5.02 Å². The van der Waals surface area contributed by atoms with Gasteiger partial charge in [0.15, 0.2) is 0 Å². The Balaban J connectivity index is 1.61. The zero-order valence-corrected chi connectivity index (χ0v) is 16.5. The number of anilines is 2. The number of amides is 2. The quantitative estimate of drug-likeness (QED) is 0.546. The summed E-state index contributed by atoms with van der Waals surface area (Å²) in [5.41, 5.74) is 1.39. The van der Waals surface area contributed by atoms with Crippen LogP contribution in [-0.4, -0.2) is 19.4 Å². The van der Waals surface area contributed by atoms with E-state index >= 15 is 0 Å². The van der Waals surface area contributed by atoms with Crippen LogP contribution in [0.5, 0.6) is 0 Å². The van der Waals surface area contributed by atoms with E-state index in [-0.39, 0.29) is 15.6 Å². The monoisotopic (exact) mass is 434 g/mol. The number of carbonyl (C=O) groups is 1. The normalized spacial score (nSPS) is 11.0. The summed E-state index contributed by atoms with van der Waals surface area (Å²) < 4.78 is 40.4. The lowest BCUT2D eigenvalue weighted by Crippen LogP contribution is -2.28. The maximum Gasteiger partial charge on any atom is 0.319 e. The van der Waals surface area contributed by atoms with Crippen molar-refractivity contribution in [1.29, 1.82) is 0 Å². The Kier molecular flexibility index (Phi) is 6.30. The van der Waals surface area contributed by atoms with E-state index in [1.165, 1.54) is 36.4 Å². The van der Waals surface area contributed by atoms with Gasteiger partial charge in [-0.15, -0.1) is 0 Å². The summed E-state index contributed by atoms with van der Waals surface area (Å²) in [6, 6.07) is 12.2. The molecule has 2 aromatic carbocycles. The molecular formula is C19H16ClFN4O3S. The smallest absolute Gasteiger partial charge is 0.319 e. The molecule has 0 aliphatic carbocycles. The fourth-order valence-electron chi connectivity index (χ4n) is 2.35. The molecule has 7 nitrogen and oxygen atoms in total. The maximum atomic E-state index is 13.2. The first-order valence-corrected chi connectivity index (χ1v) is 10.2. The number of hydrogen-bond acceptors (Lipinski definition) is 4. The summed E-state index contributed by atoms with van der Waals surface area (Å²) in [7, 11) is -3.90. The van der Waals surface area contributed by atoms with Gasteiger partial charge in [0.2, 0.25) is 0 Å². The van der Waals surface area contributed by atoms with Crippen molar-refractivity contribution in [2.45, 2.75) is 11.4 Å². The number of urea groups is 1. The molecule has 1 heterocycles. The van der Waals surface area contributed by atoms with Gasteiger partial charge in [-0.05, 0) is 54.1 Å². The van der Waals surface area contributed by atoms with E-state index in [4.69, 9.17) is 11.6 Å². The molecule has 150 valence electrons. The van der Waals surface area contributed by atoms with Crippen LogP contribution in [0.1, 0.15) is 5.56 Å². The van der Waals surface area contributed by atoms with E-state index in [0.29, 0.717) is 12.2 Å². The largest absolute Gasteiger partial charge is 0.334 e. The van der Waals surface area contributed by atoms with Gasteiger partial charge in [-0.1, -0.05) is 17.7 Å². The minimum Gasteiger partial charge on any atom is -0.334 e. The highest BCUT2D eigenvalue weighted by atomic mass is 35.5. The second-order valence-corrected chi connectivity index (χ2v) is 8.02. The molecule has 0 unspecified atom stereocenters. The zero-order chi connectivity index (χ0) is 20.9. The number of nitrogens with one attached hydrogen (secondary N) is 3. The summed E-state index contributed by atoms with van der Waals surface area (Å²) in [4.78, 5) is 15.9. The van der Waals surface area contributed by atoms with E-state index in [0.717, 1.165) is 11.6 Å². The van der Waals surface area contributed by atoms with E-state index in [2.05, 4.69) is 20.3 Å². The zero-order valence-electron chi connectivity index (χ0n) is 14.9. The molecule has 0 aliphatic rings. The molecule has 3 aromatic rings. The third-order valence-electron chi connectivity index (χ3n) is 3.77. The third-order valence-corrected chi connectivity index (χ3v) is 5.46. The van der Waals surface area contributed by atoms with Gasteiger partial charge in [0.05, 0.1) is 15.6 Å². The number of benzene rings is 2. The summed E-state index contributed by atoms with van der Waals surface area (Å²) in [6.45, 7) is 0.302. The van der Waals surface area contributed by atoms with Crippen molar-refractivity contribution in [2.24, 2.45) is 0 Å². The van der Waals surface area contributed by atoms with Gasteiger partial charge >= 0.3 is 6.03 Å². The van der Waals surface area contributed by atoms with Crippen molar-refractivity contribution in [3.05, 3.63) is 83.4 Å². The molecule has 10 heteroatoms. The van der Waals surface area contributed by atoms with E-state index in [1.54, 1.807) is 18.5 Å². The SMILES string of the molecule is O=C(NCc1cccnc1)Nc1ccc(S(=O)(=O)Nc2ccc(F)c(Cl)c2)cc1. The predicted molar refractivity (Wildman–Crippen MR) is 109 cm³/mol. The van der Waals surface area contributed by atoms with Crippen molar-refractivity contribution < 1.29 is 17.6 Å². The van der Waals surface area contributed by atoms with Crippen molar-refractivity contribution >= 4 is 39.0 Å². The summed E-state index contributed by atoms with van der Waals surface area (Å²) in [5.74, 6) is -0.646. The van der Waals surface area contributed by atoms with Crippen LogP contribution in [0.3, 0.4) is 0 Å². The molecule has 0 fully saturated rings. The predicted octanol–water partition coefficient (Wildman–Crippen LogP) is 4.00. The molecule has 0 spiro atoms. The number of nitrogens with zero attached hydrogens (tertiary/aromatic N) is 1. The summed E-state index contributed by atoms with van der Waals surface area (Å²) >= 11 is 5.66. The van der Waals surface area contributed by atoms with Crippen LogP contribution >= 0.6 is 11.6 Å². The lowest BCUT2D eigenvalue weighted by molar-refractivity contribution is 0.251. The highest BCUT2D eigenvalue weighted by Crippen LogP contribution is 2.22. The number of rotatable bonds is 6. The molecule has 0 bridgehead atoms. The lowest BCUT2D eigenvalue weighted by atomic mass is 10.3. The van der Waals surface area contributed by atoms with E-state index < -0.39 is 21.9 Å². The van der Waals surface area contributed by atoms with Crippen LogP contribution in [0, 0.1) is 5.82 Å². The molecule has 0 atom stereocenters. The average molecular weight is 435 g/mol. The molecule has 2 amide bonds. The number of hydrogen-bond donors (Lipinski definition) is 3. The van der Waals surface area contributed by atoms with Crippen molar-refractivity contribution in [3.8, 4) is 0 Å². The number of sulfonamides is 1. The molecule has 3 rings (SSSR count). The van der Waals surface area contributed by atoms with E-state index in [9.17, 15) is 17.6 Å². The van der Waals surface area contributed by atoms with Crippen LogP contribution < -0.4 is 15.4 Å². The average Bonchev–Trinajstić information content (AvgIpc) is 2.70. The molecular weight excluding hydrogens is 419 g/mol. The number of pyridine rings is 1. The van der Waals surface area contributed by atoms with Gasteiger partial charge in [-0.2, -0.15) is 0 Å². The molecule has 1 aromatic heterocycles. The van der Waals surface area contributed by atoms with Gasteiger partial charge in [0.1, 0.15) is 5.82 Å². The Bertz CT molecular complexity index is 1110. The molecule has 29 heavy (non-hydrogen) atoms. The first-order chi connectivity index (χ1) is 13.8. The van der Waals surface area contributed by atoms with Crippen molar-refractivity contribution in [1.82, 2.24) is 10.3 Å². The number of carbonyl (C=O) groups excluding carboxylic acids is 1. The topological polar surface area (TPSA) is 100 Å². The van der Waals surface area contributed by atoms with Gasteiger partial charge in [-0.3, -0.25) is 9.71 Å². The van der Waals surface area contributed by atoms with Crippen LogP contribution in [-0.2, 0) is 16.6 Å². The molecule has 3 N–H and O–H groups in total. The van der Waals surface area contributed by atoms with Gasteiger partial charge < -0.3 is 10.6 Å². The van der Waals surface area contributed by atoms with Gasteiger partial charge in [-0.25, -0.2) is 17.6 Å². The van der Waals surface area contributed by atoms with Crippen LogP contribution in [0.25, 0.3) is 0 Å². The molecule has 0 saturated heterocycles. The summed E-state index contributed by atoms with van der Waals surface area (Å²) in [6.07, 6.45) is 3.28. The van der Waals surface area contributed by atoms with Crippen LogP contribution in [0.4, 0.5) is 20.6 Å². The fraction of sp³-hybridized carbons (Fsp3) is 0.0526. The molecule has 0 saturated carbocycles. The molecule has 0 radical (unpaired) electrons. The fourth-order valence-corrected chi connectivity index (χ4v) is 3.58. The standard InChI is InChI=1S/C19H16ClFN4O3S/c20-17-10-15(5-8-18(17)21)25-29(27,28)16-6-3-14(4-7-16)24-19(26)23-12-13-2-1-9-22-11-13/h1-11,25H,12H2,(H2,23,24,26). The third kappa shape index (κ3) is 5.66. The Labute approximate surface area is 172 Å². The van der Waals surface area contributed by atoms with Crippen LogP contribution in [0.15, 0.2) is 71.9 Å². The Morgan fingerprint density at radius 2 is 1.79 bits per heavy atom. The lowest BCUT2D eigenvalue weighted by Gasteiger charge is -2.10. The number of halogens is 2. The van der Waals surface area contributed by atoms with Crippen molar-refractivity contribution in [3.63, 3.8) is 0 Å². The maximum absolute atomic E-state index is 13.2. The number of aromatic nitrogens is 1. The van der Waals surface area contributed by atoms with Gasteiger partial charge in [0, 0.05) is 24.6 Å². The highest BCUT2D eigenvalue weighted by Gasteiger charge is 2.15. The second kappa shape index (κ2) is 8.89. The van der Waals surface area contributed by atoms with E-state index in [1.807, 2.05) is 6.07 Å². The summed E-state index contributed by atoms with van der Waals surface area (Å²) in [5, 5.41) is 5.09. The minimum absolute atomic E-state index is 0.0285. The highest BCUT2D eigenvalue weighted by molar-refractivity contribution is 7.92. The molecule has 0 aliphatic heterocycles. The first kappa shape index (κ1) is 20.6.